The van der Waals surface area contributed by atoms with Crippen molar-refractivity contribution < 1.29 is 13.5 Å². The molecule has 0 aliphatic rings. The van der Waals surface area contributed by atoms with E-state index in [0.717, 1.165) is 6.07 Å². The van der Waals surface area contributed by atoms with Crippen LogP contribution in [0.5, 0.6) is 11.5 Å². The normalized spacial score (nSPS) is 9.83. The summed E-state index contributed by atoms with van der Waals surface area (Å²) in [5.41, 5.74) is 6.04. The molecule has 0 fully saturated rings. The molecule has 2 aromatic rings. The summed E-state index contributed by atoms with van der Waals surface area (Å²) in [7, 11) is 0. The Hall–Kier alpha value is -2.61. The SMILES string of the molecule is N#Cc1cc(Oc2cccc(F)c2F)ccc1N. The maximum atomic E-state index is 13.4. The van der Waals surface area contributed by atoms with Gasteiger partial charge < -0.3 is 10.5 Å². The molecule has 0 saturated carbocycles. The van der Waals surface area contributed by atoms with Crippen LogP contribution in [0.1, 0.15) is 5.56 Å². The fourth-order valence-corrected chi connectivity index (χ4v) is 1.39. The molecule has 0 atom stereocenters. The summed E-state index contributed by atoms with van der Waals surface area (Å²) in [5.74, 6) is -2.11. The number of benzene rings is 2. The third-order valence-electron chi connectivity index (χ3n) is 2.29. The van der Waals surface area contributed by atoms with Crippen LogP contribution in [0, 0.1) is 23.0 Å². The van der Waals surface area contributed by atoms with Gasteiger partial charge in [0.05, 0.1) is 5.56 Å². The third kappa shape index (κ3) is 2.23. The summed E-state index contributed by atoms with van der Waals surface area (Å²) in [4.78, 5) is 0. The molecular weight excluding hydrogens is 238 g/mol. The molecule has 0 saturated heterocycles. The van der Waals surface area contributed by atoms with Crippen LogP contribution in [0.15, 0.2) is 36.4 Å². The van der Waals surface area contributed by atoms with Gasteiger partial charge in [-0.25, -0.2) is 4.39 Å². The Morgan fingerprint density at radius 2 is 1.94 bits per heavy atom. The number of nitrogen functional groups attached to an aromatic ring is 1. The second-order valence-electron chi connectivity index (χ2n) is 3.51. The summed E-state index contributed by atoms with van der Waals surface area (Å²) in [6.45, 7) is 0. The monoisotopic (exact) mass is 246 g/mol. The zero-order chi connectivity index (χ0) is 13.1. The molecule has 0 bridgehead atoms. The molecule has 0 spiro atoms. The first kappa shape index (κ1) is 11.9. The van der Waals surface area contributed by atoms with E-state index in [9.17, 15) is 8.78 Å². The Morgan fingerprint density at radius 3 is 2.67 bits per heavy atom. The summed E-state index contributed by atoms with van der Waals surface area (Å²) >= 11 is 0. The van der Waals surface area contributed by atoms with Crippen LogP contribution in [-0.2, 0) is 0 Å². The lowest BCUT2D eigenvalue weighted by Crippen LogP contribution is -1.94. The van der Waals surface area contributed by atoms with Gasteiger partial charge in [0, 0.05) is 11.8 Å². The van der Waals surface area contributed by atoms with E-state index in [0.29, 0.717) is 5.69 Å². The molecule has 2 N–H and O–H groups in total. The number of anilines is 1. The Morgan fingerprint density at radius 1 is 1.17 bits per heavy atom. The van der Waals surface area contributed by atoms with E-state index in [-0.39, 0.29) is 17.1 Å². The van der Waals surface area contributed by atoms with Crippen molar-refractivity contribution in [3.05, 3.63) is 53.6 Å². The molecule has 0 aliphatic carbocycles. The van der Waals surface area contributed by atoms with E-state index >= 15 is 0 Å². The van der Waals surface area contributed by atoms with Gasteiger partial charge in [-0.2, -0.15) is 9.65 Å². The molecule has 5 heteroatoms. The summed E-state index contributed by atoms with van der Waals surface area (Å²) < 4.78 is 31.5. The lowest BCUT2D eigenvalue weighted by atomic mass is 10.2. The van der Waals surface area contributed by atoms with Gasteiger partial charge in [-0.3, -0.25) is 0 Å². The highest BCUT2D eigenvalue weighted by Crippen LogP contribution is 2.27. The first-order valence-electron chi connectivity index (χ1n) is 5.03. The quantitative estimate of drug-likeness (QED) is 0.827. The maximum absolute atomic E-state index is 13.4. The highest BCUT2D eigenvalue weighted by atomic mass is 19.2. The van der Waals surface area contributed by atoms with Crippen LogP contribution in [-0.4, -0.2) is 0 Å². The molecule has 90 valence electrons. The largest absolute Gasteiger partial charge is 0.454 e. The van der Waals surface area contributed by atoms with Crippen LogP contribution < -0.4 is 10.5 Å². The van der Waals surface area contributed by atoms with Gasteiger partial charge in [0.25, 0.3) is 0 Å². The topological polar surface area (TPSA) is 59.0 Å². The van der Waals surface area contributed by atoms with Crippen molar-refractivity contribution >= 4 is 5.69 Å². The Bertz CT molecular complexity index is 635. The molecule has 2 rings (SSSR count). The van der Waals surface area contributed by atoms with Gasteiger partial charge in [0.1, 0.15) is 11.8 Å². The van der Waals surface area contributed by atoms with E-state index < -0.39 is 11.6 Å². The summed E-state index contributed by atoms with van der Waals surface area (Å²) in [6, 6.07) is 9.79. The van der Waals surface area contributed by atoms with E-state index in [4.69, 9.17) is 15.7 Å². The van der Waals surface area contributed by atoms with Gasteiger partial charge in [-0.05, 0) is 24.3 Å². The Labute approximate surface area is 102 Å². The molecule has 0 radical (unpaired) electrons. The average molecular weight is 246 g/mol. The van der Waals surface area contributed by atoms with Crippen molar-refractivity contribution in [3.8, 4) is 17.6 Å². The first-order valence-corrected chi connectivity index (χ1v) is 5.03. The predicted molar refractivity (Wildman–Crippen MR) is 62.0 cm³/mol. The molecule has 2 aromatic carbocycles. The average Bonchev–Trinajstić information content (AvgIpc) is 2.37. The van der Waals surface area contributed by atoms with Crippen molar-refractivity contribution in [2.75, 3.05) is 5.73 Å². The molecule has 0 aliphatic heterocycles. The molecule has 18 heavy (non-hydrogen) atoms. The zero-order valence-corrected chi connectivity index (χ0v) is 9.15. The van der Waals surface area contributed by atoms with Crippen LogP contribution in [0.2, 0.25) is 0 Å². The van der Waals surface area contributed by atoms with Crippen molar-refractivity contribution in [1.82, 2.24) is 0 Å². The Balaban J connectivity index is 2.35. The number of rotatable bonds is 2. The lowest BCUT2D eigenvalue weighted by Gasteiger charge is -2.08. The first-order chi connectivity index (χ1) is 8.61. The third-order valence-corrected chi connectivity index (χ3v) is 2.29. The van der Waals surface area contributed by atoms with Crippen molar-refractivity contribution in [2.24, 2.45) is 0 Å². The number of halogens is 2. The highest BCUT2D eigenvalue weighted by molar-refractivity contribution is 5.57. The Kier molecular flexibility index (Phi) is 3.11. The molecule has 0 unspecified atom stereocenters. The number of nitrogens with zero attached hydrogens (tertiary/aromatic N) is 1. The lowest BCUT2D eigenvalue weighted by molar-refractivity contribution is 0.416. The number of hydrogen-bond donors (Lipinski definition) is 1. The van der Waals surface area contributed by atoms with E-state index in [1.165, 1.54) is 30.3 Å². The smallest absolute Gasteiger partial charge is 0.201 e. The standard InChI is InChI=1S/C13H8F2N2O/c14-10-2-1-3-12(13(10)15)18-9-4-5-11(17)8(6-9)7-16/h1-6H,17H2. The molecule has 0 heterocycles. The number of nitriles is 1. The summed E-state index contributed by atoms with van der Waals surface area (Å²) in [6.07, 6.45) is 0. The van der Waals surface area contributed by atoms with E-state index in [2.05, 4.69) is 0 Å². The second kappa shape index (κ2) is 4.72. The van der Waals surface area contributed by atoms with Crippen LogP contribution in [0.4, 0.5) is 14.5 Å². The predicted octanol–water partition coefficient (Wildman–Crippen LogP) is 3.21. The molecule has 3 nitrogen and oxygen atoms in total. The second-order valence-corrected chi connectivity index (χ2v) is 3.51. The van der Waals surface area contributed by atoms with E-state index in [1.807, 2.05) is 6.07 Å². The van der Waals surface area contributed by atoms with Gasteiger partial charge in [-0.1, -0.05) is 6.07 Å². The minimum absolute atomic E-state index is 0.212. The number of ether oxygens (including phenoxy) is 1. The van der Waals surface area contributed by atoms with Crippen molar-refractivity contribution in [3.63, 3.8) is 0 Å². The van der Waals surface area contributed by atoms with Gasteiger partial charge in [0.15, 0.2) is 11.6 Å². The van der Waals surface area contributed by atoms with Crippen LogP contribution >= 0.6 is 0 Å². The minimum Gasteiger partial charge on any atom is -0.454 e. The van der Waals surface area contributed by atoms with Gasteiger partial charge >= 0.3 is 0 Å². The van der Waals surface area contributed by atoms with Crippen LogP contribution in [0.25, 0.3) is 0 Å². The molecule has 0 aromatic heterocycles. The zero-order valence-electron chi connectivity index (χ0n) is 9.15. The number of hydrogen-bond acceptors (Lipinski definition) is 3. The fraction of sp³-hybridized carbons (Fsp3) is 0. The fourth-order valence-electron chi connectivity index (χ4n) is 1.39. The van der Waals surface area contributed by atoms with Gasteiger partial charge in [-0.15, -0.1) is 0 Å². The maximum Gasteiger partial charge on any atom is 0.201 e. The molecular formula is C13H8F2N2O. The summed E-state index contributed by atoms with van der Waals surface area (Å²) in [5, 5.41) is 8.79. The number of nitrogens with two attached hydrogens (primary N) is 1. The van der Waals surface area contributed by atoms with Gasteiger partial charge in [0.2, 0.25) is 5.82 Å². The highest BCUT2D eigenvalue weighted by Gasteiger charge is 2.10. The van der Waals surface area contributed by atoms with E-state index in [1.54, 1.807) is 0 Å². The van der Waals surface area contributed by atoms with Crippen molar-refractivity contribution in [1.29, 1.82) is 5.26 Å². The minimum atomic E-state index is -1.08. The molecule has 0 amide bonds. The van der Waals surface area contributed by atoms with Crippen molar-refractivity contribution in [2.45, 2.75) is 0 Å². The van der Waals surface area contributed by atoms with Crippen LogP contribution in [0.3, 0.4) is 0 Å².